The monoisotopic (exact) mass is 409 g/mol. The molecule has 158 valence electrons. The maximum Gasteiger partial charge on any atom is 0.332 e. The van der Waals surface area contributed by atoms with Gasteiger partial charge in [0.25, 0.3) is 5.91 Å². The standard InChI is InChI=1S/C23H27N3O4/c1-5-16-9-11-17(12-10-16)24-21(27)14-20-22(28)26(23(29)25(20)15(2)3)18-7-6-8-19(13-18)30-4/h6-13,15,20H,5,14H2,1-4H3,(H,24,27). The van der Waals surface area contributed by atoms with Crippen molar-refractivity contribution < 1.29 is 19.1 Å². The molecular weight excluding hydrogens is 382 g/mol. The van der Waals surface area contributed by atoms with Crippen molar-refractivity contribution in [2.45, 2.75) is 45.7 Å². The first-order chi connectivity index (χ1) is 14.3. The van der Waals surface area contributed by atoms with E-state index in [2.05, 4.69) is 12.2 Å². The molecule has 1 N–H and O–H groups in total. The van der Waals surface area contributed by atoms with E-state index < -0.39 is 18.0 Å². The molecule has 2 aromatic rings. The third kappa shape index (κ3) is 4.30. The predicted octanol–water partition coefficient (Wildman–Crippen LogP) is 3.83. The van der Waals surface area contributed by atoms with Crippen LogP contribution in [0.2, 0.25) is 0 Å². The van der Waals surface area contributed by atoms with Crippen molar-refractivity contribution in [3.8, 4) is 5.75 Å². The number of carbonyl (C=O) groups excluding carboxylic acids is 3. The molecule has 4 amide bonds. The van der Waals surface area contributed by atoms with Crippen LogP contribution in [0.25, 0.3) is 0 Å². The van der Waals surface area contributed by atoms with Crippen LogP contribution in [0.3, 0.4) is 0 Å². The molecule has 2 aromatic carbocycles. The number of ether oxygens (including phenoxy) is 1. The number of methoxy groups -OCH3 is 1. The van der Waals surface area contributed by atoms with Crippen molar-refractivity contribution in [2.24, 2.45) is 0 Å². The summed E-state index contributed by atoms with van der Waals surface area (Å²) in [5, 5.41) is 2.82. The number of hydrogen-bond donors (Lipinski definition) is 1. The molecule has 1 aliphatic heterocycles. The predicted molar refractivity (Wildman–Crippen MR) is 116 cm³/mol. The van der Waals surface area contributed by atoms with Gasteiger partial charge < -0.3 is 15.0 Å². The van der Waals surface area contributed by atoms with Crippen LogP contribution in [-0.4, -0.2) is 41.9 Å². The molecule has 3 rings (SSSR count). The fourth-order valence-corrected chi connectivity index (χ4v) is 3.58. The molecule has 0 saturated carbocycles. The second kappa shape index (κ2) is 8.98. The normalized spacial score (nSPS) is 16.4. The lowest BCUT2D eigenvalue weighted by atomic mass is 10.1. The summed E-state index contributed by atoms with van der Waals surface area (Å²) in [4.78, 5) is 41.4. The van der Waals surface area contributed by atoms with Gasteiger partial charge in [-0.05, 0) is 50.1 Å². The number of aryl methyl sites for hydroxylation is 1. The van der Waals surface area contributed by atoms with E-state index in [0.29, 0.717) is 17.1 Å². The average Bonchev–Trinajstić information content (AvgIpc) is 2.98. The highest BCUT2D eigenvalue weighted by Gasteiger charge is 2.47. The van der Waals surface area contributed by atoms with E-state index in [1.54, 1.807) is 24.3 Å². The lowest BCUT2D eigenvalue weighted by molar-refractivity contribution is -0.124. The third-order valence-electron chi connectivity index (χ3n) is 5.15. The van der Waals surface area contributed by atoms with Crippen LogP contribution >= 0.6 is 0 Å². The van der Waals surface area contributed by atoms with E-state index >= 15 is 0 Å². The van der Waals surface area contributed by atoms with Crippen LogP contribution in [0, 0.1) is 0 Å². The number of imide groups is 1. The molecule has 0 aromatic heterocycles. The molecule has 1 unspecified atom stereocenters. The molecule has 1 heterocycles. The Hall–Kier alpha value is -3.35. The minimum Gasteiger partial charge on any atom is -0.497 e. The van der Waals surface area contributed by atoms with E-state index in [9.17, 15) is 14.4 Å². The van der Waals surface area contributed by atoms with Crippen LogP contribution in [0.4, 0.5) is 16.2 Å². The first kappa shape index (κ1) is 21.4. The molecule has 7 nitrogen and oxygen atoms in total. The molecule has 0 radical (unpaired) electrons. The molecule has 1 saturated heterocycles. The molecule has 1 fully saturated rings. The van der Waals surface area contributed by atoms with Gasteiger partial charge in [-0.2, -0.15) is 0 Å². The van der Waals surface area contributed by atoms with Crippen LogP contribution in [0.1, 0.15) is 32.8 Å². The Morgan fingerprint density at radius 2 is 1.83 bits per heavy atom. The fourth-order valence-electron chi connectivity index (χ4n) is 3.58. The fraction of sp³-hybridized carbons (Fsp3) is 0.348. The Morgan fingerprint density at radius 3 is 2.43 bits per heavy atom. The van der Waals surface area contributed by atoms with Crippen molar-refractivity contribution in [3.05, 3.63) is 54.1 Å². The summed E-state index contributed by atoms with van der Waals surface area (Å²) >= 11 is 0. The third-order valence-corrected chi connectivity index (χ3v) is 5.15. The van der Waals surface area contributed by atoms with Crippen molar-refractivity contribution >= 4 is 29.2 Å². The van der Waals surface area contributed by atoms with Gasteiger partial charge in [-0.1, -0.05) is 25.1 Å². The number of hydrogen-bond acceptors (Lipinski definition) is 4. The summed E-state index contributed by atoms with van der Waals surface area (Å²) < 4.78 is 5.21. The van der Waals surface area contributed by atoms with Gasteiger partial charge in [0, 0.05) is 17.8 Å². The molecule has 0 bridgehead atoms. The van der Waals surface area contributed by atoms with Gasteiger partial charge in [0.1, 0.15) is 11.8 Å². The average molecular weight is 409 g/mol. The lowest BCUT2D eigenvalue weighted by Crippen LogP contribution is -2.42. The number of nitrogens with one attached hydrogen (secondary N) is 1. The van der Waals surface area contributed by atoms with E-state index in [4.69, 9.17) is 4.74 Å². The van der Waals surface area contributed by atoms with Gasteiger partial charge in [0.05, 0.1) is 19.2 Å². The Labute approximate surface area is 176 Å². The number of amides is 4. The Kier molecular flexibility index (Phi) is 6.40. The van der Waals surface area contributed by atoms with Gasteiger partial charge in [-0.25, -0.2) is 9.69 Å². The first-order valence-electron chi connectivity index (χ1n) is 10.0. The maximum atomic E-state index is 13.1. The number of nitrogens with zero attached hydrogens (tertiary/aromatic N) is 2. The van der Waals surface area contributed by atoms with Crippen LogP contribution < -0.4 is 15.0 Å². The molecule has 0 aliphatic carbocycles. The Morgan fingerprint density at radius 1 is 1.13 bits per heavy atom. The zero-order chi connectivity index (χ0) is 21.8. The second-order valence-electron chi connectivity index (χ2n) is 7.48. The molecule has 1 aliphatic rings. The van der Waals surface area contributed by atoms with Crippen molar-refractivity contribution in [1.82, 2.24) is 4.90 Å². The van der Waals surface area contributed by atoms with Crippen LogP contribution in [0.5, 0.6) is 5.75 Å². The summed E-state index contributed by atoms with van der Waals surface area (Å²) in [6.07, 6.45) is 0.801. The quantitative estimate of drug-likeness (QED) is 0.705. The molecule has 1 atom stereocenters. The highest BCUT2D eigenvalue weighted by atomic mass is 16.5. The highest BCUT2D eigenvalue weighted by molar-refractivity contribution is 6.22. The summed E-state index contributed by atoms with van der Waals surface area (Å²) in [6, 6.07) is 12.8. The minimum absolute atomic E-state index is 0.112. The first-order valence-corrected chi connectivity index (χ1v) is 10.0. The number of urea groups is 1. The van der Waals surface area contributed by atoms with E-state index in [-0.39, 0.29) is 18.4 Å². The van der Waals surface area contributed by atoms with Gasteiger partial charge in [-0.15, -0.1) is 0 Å². The van der Waals surface area contributed by atoms with Crippen LogP contribution in [0.15, 0.2) is 48.5 Å². The topological polar surface area (TPSA) is 79.0 Å². The summed E-state index contributed by atoms with van der Waals surface area (Å²) in [6.45, 7) is 5.72. The number of anilines is 2. The van der Waals surface area contributed by atoms with E-state index in [1.807, 2.05) is 38.1 Å². The summed E-state index contributed by atoms with van der Waals surface area (Å²) in [7, 11) is 1.52. The highest BCUT2D eigenvalue weighted by Crippen LogP contribution is 2.30. The number of benzene rings is 2. The van der Waals surface area contributed by atoms with Gasteiger partial charge in [-0.3, -0.25) is 9.59 Å². The van der Waals surface area contributed by atoms with Crippen molar-refractivity contribution in [3.63, 3.8) is 0 Å². The lowest BCUT2D eigenvalue weighted by Gasteiger charge is -2.25. The molecule has 0 spiro atoms. The maximum absolute atomic E-state index is 13.1. The summed E-state index contributed by atoms with van der Waals surface area (Å²) in [5.74, 6) is -0.192. The van der Waals surface area contributed by atoms with Gasteiger partial charge in [0.15, 0.2) is 0 Å². The smallest absolute Gasteiger partial charge is 0.332 e. The van der Waals surface area contributed by atoms with Crippen molar-refractivity contribution in [2.75, 3.05) is 17.3 Å². The van der Waals surface area contributed by atoms with Gasteiger partial charge in [0.2, 0.25) is 5.91 Å². The number of rotatable bonds is 7. The van der Waals surface area contributed by atoms with Gasteiger partial charge >= 0.3 is 6.03 Å². The van der Waals surface area contributed by atoms with E-state index in [1.165, 1.54) is 17.6 Å². The molecule has 7 heteroatoms. The molecular formula is C23H27N3O4. The number of carbonyl (C=O) groups is 3. The zero-order valence-electron chi connectivity index (χ0n) is 17.7. The SMILES string of the molecule is CCc1ccc(NC(=O)CC2C(=O)N(c3cccc(OC)c3)C(=O)N2C(C)C)cc1. The minimum atomic E-state index is -0.862. The molecule has 30 heavy (non-hydrogen) atoms. The van der Waals surface area contributed by atoms with Crippen LogP contribution in [-0.2, 0) is 16.0 Å². The zero-order valence-corrected chi connectivity index (χ0v) is 17.7. The second-order valence-corrected chi connectivity index (χ2v) is 7.48. The Balaban J connectivity index is 1.80. The summed E-state index contributed by atoms with van der Waals surface area (Å²) in [5.41, 5.74) is 2.26. The van der Waals surface area contributed by atoms with Crippen molar-refractivity contribution in [1.29, 1.82) is 0 Å². The Bertz CT molecular complexity index is 940. The van der Waals surface area contributed by atoms with E-state index in [0.717, 1.165) is 11.3 Å². The largest absolute Gasteiger partial charge is 0.497 e.